The van der Waals surface area contributed by atoms with Crippen LogP contribution in [0.25, 0.3) is 0 Å². The maximum Gasteiger partial charge on any atom is 0.165 e. The van der Waals surface area contributed by atoms with Gasteiger partial charge in [-0.2, -0.15) is 0 Å². The molecule has 1 nitrogen and oxygen atoms in total. The van der Waals surface area contributed by atoms with E-state index in [-0.39, 0.29) is 5.82 Å². The predicted molar refractivity (Wildman–Crippen MR) is 105 cm³/mol. The van der Waals surface area contributed by atoms with E-state index in [1.807, 2.05) is 0 Å². The van der Waals surface area contributed by atoms with Crippen molar-refractivity contribution in [1.82, 2.24) is 0 Å². The van der Waals surface area contributed by atoms with Crippen molar-refractivity contribution in [3.8, 4) is 5.75 Å². The number of hydrogen-bond acceptors (Lipinski definition) is 1. The summed E-state index contributed by atoms with van der Waals surface area (Å²) in [5.41, 5.74) is 1.17. The van der Waals surface area contributed by atoms with E-state index in [1.54, 1.807) is 12.1 Å². The Balaban J connectivity index is 1.32. The standard InChI is InChI=1S/C24H35FO/c1-16-3-4-21-14-20(10-9-19(21)13-16)17-5-7-18(8-6-17)22-11-12-24(26-2)23(25)15-22/h11-12,15-21H,3-10,13-14H2,1-2H3. The fraction of sp³-hybridized carbons (Fsp3) is 0.750. The minimum Gasteiger partial charge on any atom is -0.494 e. The fourth-order valence-corrected chi connectivity index (χ4v) is 6.45. The first-order valence-electron chi connectivity index (χ1n) is 11.0. The SMILES string of the molecule is COc1ccc(C2CCC(C3CCC4CC(C)CCC4C3)CC2)cc1F. The lowest BCUT2D eigenvalue weighted by Crippen LogP contribution is -2.34. The van der Waals surface area contributed by atoms with Crippen LogP contribution in [-0.4, -0.2) is 7.11 Å². The molecule has 4 atom stereocenters. The lowest BCUT2D eigenvalue weighted by atomic mass is 9.61. The highest BCUT2D eigenvalue weighted by atomic mass is 19.1. The van der Waals surface area contributed by atoms with Crippen LogP contribution in [-0.2, 0) is 0 Å². The second kappa shape index (κ2) is 7.90. The van der Waals surface area contributed by atoms with Gasteiger partial charge in [-0.1, -0.05) is 19.4 Å². The minimum atomic E-state index is -0.211. The molecule has 4 unspecified atom stereocenters. The number of hydrogen-bond donors (Lipinski definition) is 0. The van der Waals surface area contributed by atoms with Gasteiger partial charge in [-0.05, 0) is 111 Å². The molecule has 0 spiro atoms. The highest BCUT2D eigenvalue weighted by Gasteiger charge is 2.38. The van der Waals surface area contributed by atoms with Crippen molar-refractivity contribution in [2.45, 2.75) is 77.0 Å². The number of benzene rings is 1. The van der Waals surface area contributed by atoms with Crippen molar-refractivity contribution in [2.24, 2.45) is 29.6 Å². The van der Waals surface area contributed by atoms with Gasteiger partial charge in [-0.15, -0.1) is 0 Å². The van der Waals surface area contributed by atoms with Gasteiger partial charge in [0.15, 0.2) is 11.6 Å². The second-order valence-electron chi connectivity index (χ2n) is 9.52. The van der Waals surface area contributed by atoms with Gasteiger partial charge in [0.2, 0.25) is 0 Å². The lowest BCUT2D eigenvalue weighted by molar-refractivity contribution is 0.0672. The van der Waals surface area contributed by atoms with Crippen molar-refractivity contribution in [1.29, 1.82) is 0 Å². The zero-order chi connectivity index (χ0) is 18.1. The van der Waals surface area contributed by atoms with Crippen LogP contribution in [0, 0.1) is 35.4 Å². The smallest absolute Gasteiger partial charge is 0.165 e. The quantitative estimate of drug-likeness (QED) is 0.567. The number of halogens is 1. The van der Waals surface area contributed by atoms with Crippen molar-refractivity contribution >= 4 is 0 Å². The first kappa shape index (κ1) is 18.3. The summed E-state index contributed by atoms with van der Waals surface area (Å²) in [4.78, 5) is 0. The summed E-state index contributed by atoms with van der Waals surface area (Å²) in [6.45, 7) is 2.45. The summed E-state index contributed by atoms with van der Waals surface area (Å²) in [6, 6.07) is 5.57. The first-order chi connectivity index (χ1) is 12.6. The van der Waals surface area contributed by atoms with Crippen LogP contribution in [0.2, 0.25) is 0 Å². The van der Waals surface area contributed by atoms with Gasteiger partial charge in [-0.25, -0.2) is 4.39 Å². The van der Waals surface area contributed by atoms with Gasteiger partial charge in [0.1, 0.15) is 0 Å². The molecule has 1 aromatic carbocycles. The van der Waals surface area contributed by atoms with E-state index in [4.69, 9.17) is 4.74 Å². The molecule has 0 saturated heterocycles. The topological polar surface area (TPSA) is 9.23 Å². The average molecular weight is 359 g/mol. The molecular formula is C24H35FO. The molecule has 144 valence electrons. The molecule has 4 rings (SSSR count). The molecule has 0 radical (unpaired) electrons. The normalized spacial score (nSPS) is 37.8. The van der Waals surface area contributed by atoms with E-state index >= 15 is 0 Å². The van der Waals surface area contributed by atoms with Crippen LogP contribution in [0.4, 0.5) is 4.39 Å². The third-order valence-electron chi connectivity index (χ3n) is 8.00. The van der Waals surface area contributed by atoms with E-state index in [1.165, 1.54) is 76.9 Å². The monoisotopic (exact) mass is 358 g/mol. The van der Waals surface area contributed by atoms with Crippen molar-refractivity contribution in [3.63, 3.8) is 0 Å². The van der Waals surface area contributed by atoms with Crippen molar-refractivity contribution in [2.75, 3.05) is 7.11 Å². The molecular weight excluding hydrogens is 323 g/mol. The van der Waals surface area contributed by atoms with Crippen LogP contribution in [0.5, 0.6) is 5.75 Å². The maximum absolute atomic E-state index is 14.0. The molecule has 0 heterocycles. The number of fused-ring (bicyclic) bond motifs is 1. The molecule has 1 aromatic rings. The lowest BCUT2D eigenvalue weighted by Gasteiger charge is -2.45. The third kappa shape index (κ3) is 3.80. The maximum atomic E-state index is 14.0. The fourth-order valence-electron chi connectivity index (χ4n) is 6.45. The molecule has 0 aliphatic heterocycles. The van der Waals surface area contributed by atoms with Crippen LogP contribution >= 0.6 is 0 Å². The van der Waals surface area contributed by atoms with E-state index < -0.39 is 0 Å². The molecule has 3 fully saturated rings. The molecule has 0 N–H and O–H groups in total. The van der Waals surface area contributed by atoms with E-state index in [0.29, 0.717) is 11.7 Å². The Morgan fingerprint density at radius 3 is 2.12 bits per heavy atom. The van der Waals surface area contributed by atoms with Crippen molar-refractivity contribution in [3.05, 3.63) is 29.6 Å². The number of rotatable bonds is 3. The average Bonchev–Trinajstić information content (AvgIpc) is 2.67. The summed E-state index contributed by atoms with van der Waals surface area (Å²) in [5.74, 6) is 5.62. The minimum absolute atomic E-state index is 0.211. The summed E-state index contributed by atoms with van der Waals surface area (Å²) in [5, 5.41) is 0. The van der Waals surface area contributed by atoms with E-state index in [2.05, 4.69) is 13.0 Å². The van der Waals surface area contributed by atoms with E-state index in [0.717, 1.165) is 29.6 Å². The second-order valence-corrected chi connectivity index (χ2v) is 9.52. The summed E-state index contributed by atoms with van der Waals surface area (Å²) >= 11 is 0. The van der Waals surface area contributed by atoms with Gasteiger partial charge >= 0.3 is 0 Å². The molecule has 0 bridgehead atoms. The predicted octanol–water partition coefficient (Wildman–Crippen LogP) is 6.96. The molecule has 0 amide bonds. The van der Waals surface area contributed by atoms with Crippen LogP contribution in [0.1, 0.15) is 82.6 Å². The Morgan fingerprint density at radius 2 is 1.42 bits per heavy atom. The van der Waals surface area contributed by atoms with E-state index in [9.17, 15) is 4.39 Å². The van der Waals surface area contributed by atoms with Crippen LogP contribution in [0.3, 0.4) is 0 Å². The van der Waals surface area contributed by atoms with Gasteiger partial charge in [-0.3, -0.25) is 0 Å². The number of methoxy groups -OCH3 is 1. The molecule has 3 aliphatic carbocycles. The molecule has 2 heteroatoms. The molecule has 3 aliphatic rings. The zero-order valence-electron chi connectivity index (χ0n) is 16.6. The van der Waals surface area contributed by atoms with Gasteiger partial charge in [0.05, 0.1) is 7.11 Å². The third-order valence-corrected chi connectivity index (χ3v) is 8.00. The summed E-state index contributed by atoms with van der Waals surface area (Å²) in [6.07, 6.45) is 14.1. The highest BCUT2D eigenvalue weighted by Crippen LogP contribution is 2.49. The van der Waals surface area contributed by atoms with Crippen molar-refractivity contribution < 1.29 is 9.13 Å². The Labute approximate surface area is 158 Å². The van der Waals surface area contributed by atoms with Gasteiger partial charge in [0.25, 0.3) is 0 Å². The Hall–Kier alpha value is -1.05. The summed E-state index contributed by atoms with van der Waals surface area (Å²) in [7, 11) is 1.53. The summed E-state index contributed by atoms with van der Waals surface area (Å²) < 4.78 is 19.1. The first-order valence-corrected chi connectivity index (χ1v) is 11.0. The molecule has 0 aromatic heterocycles. The highest BCUT2D eigenvalue weighted by molar-refractivity contribution is 5.31. The Kier molecular flexibility index (Phi) is 5.57. The van der Waals surface area contributed by atoms with Gasteiger partial charge < -0.3 is 4.74 Å². The number of ether oxygens (including phenoxy) is 1. The van der Waals surface area contributed by atoms with Crippen LogP contribution in [0.15, 0.2) is 18.2 Å². The van der Waals surface area contributed by atoms with Gasteiger partial charge in [0, 0.05) is 0 Å². The Bertz CT molecular complexity index is 604. The van der Waals surface area contributed by atoms with Crippen LogP contribution < -0.4 is 4.74 Å². The molecule has 3 saturated carbocycles. The zero-order valence-corrected chi connectivity index (χ0v) is 16.6. The Morgan fingerprint density at radius 1 is 0.808 bits per heavy atom. The largest absolute Gasteiger partial charge is 0.494 e. The molecule has 26 heavy (non-hydrogen) atoms.